The third-order valence-electron chi connectivity index (χ3n) is 2.30. The van der Waals surface area contributed by atoms with Crippen molar-refractivity contribution in [3.8, 4) is 0 Å². The SMILES string of the molecule is Clc1ccccc1CNC1=NCCCN1. The van der Waals surface area contributed by atoms with Crippen molar-refractivity contribution in [1.29, 1.82) is 0 Å². The zero-order valence-corrected chi connectivity index (χ0v) is 9.22. The van der Waals surface area contributed by atoms with Gasteiger partial charge < -0.3 is 10.6 Å². The summed E-state index contributed by atoms with van der Waals surface area (Å²) >= 11 is 6.04. The van der Waals surface area contributed by atoms with E-state index in [4.69, 9.17) is 11.6 Å². The molecule has 0 aliphatic carbocycles. The molecule has 0 bridgehead atoms. The first-order valence-electron chi connectivity index (χ1n) is 5.12. The summed E-state index contributed by atoms with van der Waals surface area (Å²) in [5.41, 5.74) is 1.09. The lowest BCUT2D eigenvalue weighted by Crippen LogP contribution is -2.40. The maximum atomic E-state index is 6.04. The highest BCUT2D eigenvalue weighted by molar-refractivity contribution is 6.31. The van der Waals surface area contributed by atoms with Gasteiger partial charge in [0.1, 0.15) is 0 Å². The van der Waals surface area contributed by atoms with Crippen molar-refractivity contribution in [3.05, 3.63) is 34.9 Å². The van der Waals surface area contributed by atoms with Crippen LogP contribution in [-0.2, 0) is 6.54 Å². The van der Waals surface area contributed by atoms with Crippen molar-refractivity contribution in [2.24, 2.45) is 4.99 Å². The van der Waals surface area contributed by atoms with Gasteiger partial charge in [-0.3, -0.25) is 4.99 Å². The van der Waals surface area contributed by atoms with Crippen molar-refractivity contribution >= 4 is 17.6 Å². The van der Waals surface area contributed by atoms with E-state index in [0.29, 0.717) is 6.54 Å². The fourth-order valence-corrected chi connectivity index (χ4v) is 1.67. The van der Waals surface area contributed by atoms with Crippen LogP contribution >= 0.6 is 11.6 Å². The Morgan fingerprint density at radius 2 is 2.27 bits per heavy atom. The molecule has 1 aliphatic heterocycles. The van der Waals surface area contributed by atoms with E-state index in [9.17, 15) is 0 Å². The smallest absolute Gasteiger partial charge is 0.191 e. The molecule has 1 aromatic carbocycles. The number of rotatable bonds is 2. The molecule has 2 N–H and O–H groups in total. The van der Waals surface area contributed by atoms with E-state index in [1.54, 1.807) is 0 Å². The van der Waals surface area contributed by atoms with Crippen LogP contribution in [0, 0.1) is 0 Å². The molecule has 0 saturated carbocycles. The monoisotopic (exact) mass is 223 g/mol. The van der Waals surface area contributed by atoms with Crippen LogP contribution < -0.4 is 10.6 Å². The number of nitrogens with zero attached hydrogens (tertiary/aromatic N) is 1. The fourth-order valence-electron chi connectivity index (χ4n) is 1.47. The molecule has 3 nitrogen and oxygen atoms in total. The zero-order chi connectivity index (χ0) is 10.5. The Morgan fingerprint density at radius 1 is 1.40 bits per heavy atom. The van der Waals surface area contributed by atoms with Crippen molar-refractivity contribution in [2.75, 3.05) is 13.1 Å². The van der Waals surface area contributed by atoms with E-state index < -0.39 is 0 Å². The Bertz CT molecular complexity index is 363. The summed E-state index contributed by atoms with van der Waals surface area (Å²) in [5.74, 6) is 0.876. The second kappa shape index (κ2) is 5.03. The number of benzene rings is 1. The molecule has 0 saturated heterocycles. The summed E-state index contributed by atoms with van der Waals surface area (Å²) in [6.45, 7) is 2.61. The van der Waals surface area contributed by atoms with Crippen molar-refractivity contribution in [3.63, 3.8) is 0 Å². The molecule has 15 heavy (non-hydrogen) atoms. The minimum absolute atomic E-state index is 0.714. The predicted molar refractivity (Wildman–Crippen MR) is 63.2 cm³/mol. The lowest BCUT2D eigenvalue weighted by atomic mass is 10.2. The van der Waals surface area contributed by atoms with Crippen molar-refractivity contribution in [1.82, 2.24) is 10.6 Å². The Kier molecular flexibility index (Phi) is 3.45. The molecule has 0 aromatic heterocycles. The van der Waals surface area contributed by atoms with Gasteiger partial charge in [0, 0.05) is 24.7 Å². The first kappa shape index (κ1) is 10.3. The lowest BCUT2D eigenvalue weighted by Gasteiger charge is -2.16. The molecule has 0 fully saturated rings. The molecule has 0 radical (unpaired) electrons. The van der Waals surface area contributed by atoms with Gasteiger partial charge in [0.05, 0.1) is 0 Å². The summed E-state index contributed by atoms with van der Waals surface area (Å²) in [6.07, 6.45) is 1.11. The van der Waals surface area contributed by atoms with Crippen LogP contribution in [-0.4, -0.2) is 19.0 Å². The van der Waals surface area contributed by atoms with Crippen LogP contribution in [0.2, 0.25) is 5.02 Å². The highest BCUT2D eigenvalue weighted by Gasteiger charge is 2.04. The Labute approximate surface area is 94.5 Å². The van der Waals surface area contributed by atoms with Gasteiger partial charge in [-0.1, -0.05) is 29.8 Å². The standard InChI is InChI=1S/C11H14ClN3/c12-10-5-2-1-4-9(10)8-15-11-13-6-3-7-14-11/h1-2,4-5H,3,6-8H2,(H2,13,14,15). The van der Waals surface area contributed by atoms with Crippen LogP contribution in [0.1, 0.15) is 12.0 Å². The number of nitrogens with one attached hydrogen (secondary N) is 2. The predicted octanol–water partition coefficient (Wildman–Crippen LogP) is 1.78. The second-order valence-corrected chi connectivity index (χ2v) is 3.86. The molecule has 0 unspecified atom stereocenters. The van der Waals surface area contributed by atoms with Crippen LogP contribution in [0.4, 0.5) is 0 Å². The first-order valence-corrected chi connectivity index (χ1v) is 5.49. The maximum absolute atomic E-state index is 6.04. The number of hydrogen-bond acceptors (Lipinski definition) is 3. The molecule has 80 valence electrons. The molecule has 1 aliphatic rings. The molecule has 1 heterocycles. The topological polar surface area (TPSA) is 36.4 Å². The van der Waals surface area contributed by atoms with Crippen molar-refractivity contribution in [2.45, 2.75) is 13.0 Å². The van der Waals surface area contributed by atoms with Gasteiger partial charge in [-0.05, 0) is 18.1 Å². The average Bonchev–Trinajstić information content (AvgIpc) is 2.29. The summed E-state index contributed by atoms with van der Waals surface area (Å²) < 4.78 is 0. The van der Waals surface area contributed by atoms with E-state index in [-0.39, 0.29) is 0 Å². The third kappa shape index (κ3) is 2.86. The normalized spacial score (nSPS) is 15.4. The largest absolute Gasteiger partial charge is 0.356 e. The highest BCUT2D eigenvalue weighted by atomic mass is 35.5. The van der Waals surface area contributed by atoms with Crippen LogP contribution in [0.25, 0.3) is 0 Å². The van der Waals surface area contributed by atoms with Gasteiger partial charge in [-0.25, -0.2) is 0 Å². The molecule has 1 aromatic rings. The van der Waals surface area contributed by atoms with Crippen molar-refractivity contribution < 1.29 is 0 Å². The zero-order valence-electron chi connectivity index (χ0n) is 8.46. The third-order valence-corrected chi connectivity index (χ3v) is 2.67. The van der Waals surface area contributed by atoms with E-state index in [1.807, 2.05) is 24.3 Å². The summed E-state index contributed by atoms with van der Waals surface area (Å²) in [5, 5.41) is 7.23. The van der Waals surface area contributed by atoms with Gasteiger partial charge in [-0.2, -0.15) is 0 Å². The van der Waals surface area contributed by atoms with Gasteiger partial charge in [0.15, 0.2) is 5.96 Å². The summed E-state index contributed by atoms with van der Waals surface area (Å²) in [7, 11) is 0. The molecule has 0 spiro atoms. The quantitative estimate of drug-likeness (QED) is 0.802. The Morgan fingerprint density at radius 3 is 3.00 bits per heavy atom. The molecular weight excluding hydrogens is 210 g/mol. The fraction of sp³-hybridized carbons (Fsp3) is 0.364. The minimum Gasteiger partial charge on any atom is -0.356 e. The number of hydrogen-bond donors (Lipinski definition) is 2. The van der Waals surface area contributed by atoms with Gasteiger partial charge in [0.25, 0.3) is 0 Å². The molecular formula is C11H14ClN3. The van der Waals surface area contributed by atoms with E-state index >= 15 is 0 Å². The number of guanidine groups is 1. The molecule has 0 amide bonds. The van der Waals surface area contributed by atoms with E-state index in [1.165, 1.54) is 0 Å². The summed E-state index contributed by atoms with van der Waals surface area (Å²) in [4.78, 5) is 4.33. The van der Waals surface area contributed by atoms with Gasteiger partial charge >= 0.3 is 0 Å². The lowest BCUT2D eigenvalue weighted by molar-refractivity contribution is 0.702. The van der Waals surface area contributed by atoms with Crippen LogP contribution in [0.15, 0.2) is 29.3 Å². The van der Waals surface area contributed by atoms with E-state index in [2.05, 4.69) is 15.6 Å². The molecule has 4 heteroatoms. The maximum Gasteiger partial charge on any atom is 0.191 e. The number of aliphatic imine (C=N–C) groups is 1. The Hall–Kier alpha value is -1.22. The Balaban J connectivity index is 1.93. The highest BCUT2D eigenvalue weighted by Crippen LogP contribution is 2.14. The molecule has 0 atom stereocenters. The van der Waals surface area contributed by atoms with Gasteiger partial charge in [0.2, 0.25) is 0 Å². The summed E-state index contributed by atoms with van der Waals surface area (Å²) in [6, 6.07) is 7.83. The first-order chi connectivity index (χ1) is 7.36. The average molecular weight is 224 g/mol. The second-order valence-electron chi connectivity index (χ2n) is 3.46. The van der Waals surface area contributed by atoms with Gasteiger partial charge in [-0.15, -0.1) is 0 Å². The van der Waals surface area contributed by atoms with E-state index in [0.717, 1.165) is 36.1 Å². The minimum atomic E-state index is 0.714. The van der Waals surface area contributed by atoms with Crippen LogP contribution in [0.3, 0.4) is 0 Å². The van der Waals surface area contributed by atoms with Crippen LogP contribution in [0.5, 0.6) is 0 Å². The number of halogens is 1. The molecule has 2 rings (SSSR count).